The van der Waals surface area contributed by atoms with Crippen molar-refractivity contribution in [3.8, 4) is 11.4 Å². The fourth-order valence-corrected chi connectivity index (χ4v) is 3.09. The minimum atomic E-state index is -0.512. The zero-order valence-corrected chi connectivity index (χ0v) is 16.8. The van der Waals surface area contributed by atoms with Gasteiger partial charge in [0.2, 0.25) is 0 Å². The molecule has 0 aliphatic rings. The van der Waals surface area contributed by atoms with E-state index in [0.717, 1.165) is 5.69 Å². The topological polar surface area (TPSA) is 103 Å². The van der Waals surface area contributed by atoms with Crippen LogP contribution in [0.2, 0.25) is 0 Å². The third kappa shape index (κ3) is 3.97. The maximum atomic E-state index is 12.9. The van der Waals surface area contributed by atoms with E-state index in [-0.39, 0.29) is 22.1 Å². The van der Waals surface area contributed by atoms with Crippen LogP contribution in [0.1, 0.15) is 5.69 Å². The fraction of sp³-hybridized carbons (Fsp3) is 0.158. The molecule has 0 fully saturated rings. The fourth-order valence-electron chi connectivity index (χ4n) is 2.88. The molecule has 0 aliphatic carbocycles. The van der Waals surface area contributed by atoms with E-state index in [1.807, 2.05) is 30.3 Å². The van der Waals surface area contributed by atoms with Crippen LogP contribution in [-0.4, -0.2) is 26.5 Å². The molecule has 0 aliphatic heterocycles. The van der Waals surface area contributed by atoms with E-state index in [9.17, 15) is 14.9 Å². The number of hydrogen-bond acceptors (Lipinski definition) is 5. The maximum absolute atomic E-state index is 12.9. The maximum Gasteiger partial charge on any atom is 0.295 e. The van der Waals surface area contributed by atoms with Crippen LogP contribution in [0, 0.1) is 17.0 Å². The first-order valence-electron chi connectivity index (χ1n) is 8.58. The molecule has 0 unspecified atom stereocenters. The molecule has 0 saturated heterocycles. The Hall–Kier alpha value is -3.66. The smallest absolute Gasteiger partial charge is 0.295 e. The molecule has 3 aromatic rings. The molecule has 0 amide bonds. The number of anilines is 2. The second-order valence-electron chi connectivity index (χ2n) is 6.16. The largest absolute Gasteiger partial charge is 0.494 e. The number of aromatic nitrogens is 2. The molecule has 29 heavy (non-hydrogen) atoms. The first kappa shape index (κ1) is 20.1. The standard InChI is InChI=1S/C19H19N5O4S/c1-12-17(18(25)23(22(12)2)13-7-5-4-6-8-13)21-19(29)20-15-10-9-14(24(26)27)11-16(15)28-3/h4-11H,1-3H3,(H2,20,21,29). The lowest BCUT2D eigenvalue weighted by atomic mass is 10.2. The van der Waals surface area contributed by atoms with Gasteiger partial charge in [0.15, 0.2) is 5.11 Å². The average Bonchev–Trinajstić information content (AvgIpc) is 2.92. The van der Waals surface area contributed by atoms with Crippen molar-refractivity contribution >= 4 is 34.4 Å². The van der Waals surface area contributed by atoms with Crippen molar-refractivity contribution < 1.29 is 9.66 Å². The van der Waals surface area contributed by atoms with Gasteiger partial charge in [0.1, 0.15) is 11.4 Å². The second-order valence-corrected chi connectivity index (χ2v) is 6.57. The quantitative estimate of drug-likeness (QED) is 0.376. The predicted octanol–water partition coefficient (Wildman–Crippen LogP) is 3.21. The van der Waals surface area contributed by atoms with E-state index in [1.54, 1.807) is 18.7 Å². The number of benzene rings is 2. The van der Waals surface area contributed by atoms with Gasteiger partial charge in [0.05, 0.1) is 35.2 Å². The summed E-state index contributed by atoms with van der Waals surface area (Å²) in [6, 6.07) is 13.4. The number of nitrogens with zero attached hydrogens (tertiary/aromatic N) is 3. The minimum absolute atomic E-state index is 0.101. The predicted molar refractivity (Wildman–Crippen MR) is 115 cm³/mol. The molecule has 0 atom stereocenters. The lowest BCUT2D eigenvalue weighted by Crippen LogP contribution is -2.25. The van der Waals surface area contributed by atoms with Crippen LogP contribution in [0.3, 0.4) is 0 Å². The van der Waals surface area contributed by atoms with Gasteiger partial charge in [-0.3, -0.25) is 19.6 Å². The summed E-state index contributed by atoms with van der Waals surface area (Å²) in [6.45, 7) is 1.80. The number of para-hydroxylation sites is 1. The molecule has 0 saturated carbocycles. The summed E-state index contributed by atoms with van der Waals surface area (Å²) >= 11 is 5.33. The molecule has 1 heterocycles. The molecule has 2 aromatic carbocycles. The van der Waals surface area contributed by atoms with Crippen LogP contribution in [-0.2, 0) is 7.05 Å². The number of thiocarbonyl (C=S) groups is 1. The van der Waals surface area contributed by atoms with Crippen molar-refractivity contribution in [3.05, 3.63) is 74.7 Å². The number of methoxy groups -OCH3 is 1. The Bertz CT molecular complexity index is 1140. The molecular formula is C19H19N5O4S. The molecule has 1 aromatic heterocycles. The molecule has 2 N–H and O–H groups in total. The van der Waals surface area contributed by atoms with E-state index in [4.69, 9.17) is 17.0 Å². The van der Waals surface area contributed by atoms with Crippen molar-refractivity contribution in [2.24, 2.45) is 7.05 Å². The number of nitrogens with one attached hydrogen (secondary N) is 2. The highest BCUT2D eigenvalue weighted by Gasteiger charge is 2.18. The van der Waals surface area contributed by atoms with Crippen molar-refractivity contribution in [1.29, 1.82) is 0 Å². The minimum Gasteiger partial charge on any atom is -0.494 e. The Morgan fingerprint density at radius 1 is 1.17 bits per heavy atom. The Morgan fingerprint density at radius 3 is 2.48 bits per heavy atom. The number of ether oxygens (including phenoxy) is 1. The van der Waals surface area contributed by atoms with Gasteiger partial charge < -0.3 is 15.4 Å². The lowest BCUT2D eigenvalue weighted by Gasteiger charge is -2.12. The normalized spacial score (nSPS) is 10.4. The van der Waals surface area contributed by atoms with Crippen LogP contribution >= 0.6 is 12.2 Å². The van der Waals surface area contributed by atoms with Crippen LogP contribution < -0.4 is 20.9 Å². The zero-order chi connectivity index (χ0) is 21.1. The third-order valence-electron chi connectivity index (χ3n) is 4.44. The van der Waals surface area contributed by atoms with Crippen LogP contribution in [0.5, 0.6) is 5.75 Å². The Labute approximate surface area is 171 Å². The lowest BCUT2D eigenvalue weighted by molar-refractivity contribution is -0.384. The van der Waals surface area contributed by atoms with Crippen molar-refractivity contribution in [2.45, 2.75) is 6.92 Å². The molecule has 9 nitrogen and oxygen atoms in total. The van der Waals surface area contributed by atoms with Gasteiger partial charge in [0.25, 0.3) is 11.2 Å². The average molecular weight is 413 g/mol. The summed E-state index contributed by atoms with van der Waals surface area (Å²) in [6.07, 6.45) is 0. The molecule has 0 bridgehead atoms. The first-order valence-corrected chi connectivity index (χ1v) is 8.98. The zero-order valence-electron chi connectivity index (χ0n) is 16.0. The molecular weight excluding hydrogens is 394 g/mol. The van der Waals surface area contributed by atoms with Gasteiger partial charge in [-0.15, -0.1) is 0 Å². The van der Waals surface area contributed by atoms with E-state index in [2.05, 4.69) is 10.6 Å². The van der Waals surface area contributed by atoms with Crippen LogP contribution in [0.4, 0.5) is 17.1 Å². The van der Waals surface area contributed by atoms with Gasteiger partial charge in [-0.1, -0.05) is 18.2 Å². The van der Waals surface area contributed by atoms with Gasteiger partial charge in [0, 0.05) is 13.1 Å². The number of nitro benzene ring substituents is 1. The van der Waals surface area contributed by atoms with Gasteiger partial charge in [-0.05, 0) is 37.3 Å². The number of rotatable bonds is 5. The SMILES string of the molecule is COc1cc([N+](=O)[O-])ccc1NC(=S)Nc1c(C)n(C)n(-c2ccccc2)c1=O. The summed E-state index contributed by atoms with van der Waals surface area (Å²) in [5.74, 6) is 0.259. The van der Waals surface area contributed by atoms with E-state index in [1.165, 1.54) is 30.0 Å². The van der Waals surface area contributed by atoms with E-state index < -0.39 is 4.92 Å². The van der Waals surface area contributed by atoms with Gasteiger partial charge in [-0.25, -0.2) is 4.68 Å². The third-order valence-corrected chi connectivity index (χ3v) is 4.64. The van der Waals surface area contributed by atoms with Gasteiger partial charge >= 0.3 is 0 Å². The Balaban J connectivity index is 1.87. The van der Waals surface area contributed by atoms with Crippen molar-refractivity contribution in [1.82, 2.24) is 9.36 Å². The highest BCUT2D eigenvalue weighted by atomic mass is 32.1. The summed E-state index contributed by atoms with van der Waals surface area (Å²) in [7, 11) is 3.19. The van der Waals surface area contributed by atoms with E-state index >= 15 is 0 Å². The molecule has 10 heteroatoms. The summed E-state index contributed by atoms with van der Waals surface area (Å²) in [5.41, 5.74) is 1.83. The summed E-state index contributed by atoms with van der Waals surface area (Å²) < 4.78 is 8.46. The van der Waals surface area contributed by atoms with Crippen LogP contribution in [0.15, 0.2) is 53.3 Å². The highest BCUT2D eigenvalue weighted by molar-refractivity contribution is 7.80. The summed E-state index contributed by atoms with van der Waals surface area (Å²) in [5, 5.41) is 16.9. The molecule has 0 spiro atoms. The second kappa shape index (κ2) is 8.15. The summed E-state index contributed by atoms with van der Waals surface area (Å²) in [4.78, 5) is 23.3. The first-order chi connectivity index (χ1) is 13.8. The monoisotopic (exact) mass is 413 g/mol. The number of nitro groups is 1. The Morgan fingerprint density at radius 2 is 1.86 bits per heavy atom. The Kier molecular flexibility index (Phi) is 5.64. The number of hydrogen-bond donors (Lipinski definition) is 2. The van der Waals surface area contributed by atoms with Crippen molar-refractivity contribution in [3.63, 3.8) is 0 Å². The molecule has 3 rings (SSSR count). The highest BCUT2D eigenvalue weighted by Crippen LogP contribution is 2.29. The van der Waals surface area contributed by atoms with Gasteiger partial charge in [-0.2, -0.15) is 0 Å². The number of non-ortho nitro benzene ring substituents is 1. The molecule has 150 valence electrons. The van der Waals surface area contributed by atoms with Crippen LogP contribution in [0.25, 0.3) is 5.69 Å². The van der Waals surface area contributed by atoms with E-state index in [0.29, 0.717) is 17.1 Å². The van der Waals surface area contributed by atoms with Crippen molar-refractivity contribution in [2.75, 3.05) is 17.7 Å². The molecule has 0 radical (unpaired) electrons.